The summed E-state index contributed by atoms with van der Waals surface area (Å²) in [4.78, 5) is 4.45. The zero-order chi connectivity index (χ0) is 13.9. The van der Waals surface area contributed by atoms with E-state index in [1.54, 1.807) is 0 Å². The quantitative estimate of drug-likeness (QED) is 0.884. The van der Waals surface area contributed by atoms with Gasteiger partial charge in [0.15, 0.2) is 0 Å². The highest BCUT2D eigenvalue weighted by Gasteiger charge is 2.10. The predicted octanol–water partition coefficient (Wildman–Crippen LogP) is 4.39. The average Bonchev–Trinajstić information content (AvgIpc) is 2.27. The molecule has 2 rings (SSSR count). The third kappa shape index (κ3) is 4.28. The smallest absolute Gasteiger partial charge is 0.221 e. The van der Waals surface area contributed by atoms with E-state index in [-0.39, 0.29) is 5.54 Å². The van der Waals surface area contributed by atoms with Crippen LogP contribution in [0.25, 0.3) is 0 Å². The van der Waals surface area contributed by atoms with Crippen molar-refractivity contribution in [2.24, 2.45) is 0 Å². The zero-order valence-electron chi connectivity index (χ0n) is 11.9. The lowest BCUT2D eigenvalue weighted by molar-refractivity contribution is 0.462. The fourth-order valence-corrected chi connectivity index (χ4v) is 1.73. The highest BCUT2D eigenvalue weighted by molar-refractivity contribution is 5.40. The number of hydrogen-bond acceptors (Lipinski definition) is 3. The van der Waals surface area contributed by atoms with Crippen LogP contribution in [-0.2, 0) is 0 Å². The van der Waals surface area contributed by atoms with Crippen LogP contribution in [0.3, 0.4) is 0 Å². The molecule has 0 aliphatic heterocycles. The number of benzene rings is 1. The number of aromatic nitrogens is 1. The van der Waals surface area contributed by atoms with E-state index in [0.717, 1.165) is 11.6 Å². The summed E-state index contributed by atoms with van der Waals surface area (Å²) in [6.07, 6.45) is 0. The first-order valence-corrected chi connectivity index (χ1v) is 6.42. The lowest BCUT2D eigenvalue weighted by Gasteiger charge is -2.21. The van der Waals surface area contributed by atoms with E-state index in [1.165, 1.54) is 5.56 Å². The molecule has 1 aromatic carbocycles. The Balaban J connectivity index is 2.15. The molecule has 0 saturated carbocycles. The molecule has 0 bridgehead atoms. The average molecular weight is 256 g/mol. The number of ether oxygens (including phenoxy) is 1. The molecule has 3 heteroatoms. The van der Waals surface area contributed by atoms with Gasteiger partial charge in [0.1, 0.15) is 11.6 Å². The van der Waals surface area contributed by atoms with Crippen LogP contribution in [0.4, 0.5) is 5.82 Å². The number of anilines is 1. The summed E-state index contributed by atoms with van der Waals surface area (Å²) in [5.41, 5.74) is 1.15. The van der Waals surface area contributed by atoms with Crippen molar-refractivity contribution in [2.75, 3.05) is 5.32 Å². The molecule has 3 nitrogen and oxygen atoms in total. The van der Waals surface area contributed by atoms with Crippen molar-refractivity contribution >= 4 is 5.82 Å². The molecule has 0 spiro atoms. The molecule has 1 aromatic heterocycles. The van der Waals surface area contributed by atoms with Crippen LogP contribution < -0.4 is 10.1 Å². The Hall–Kier alpha value is -2.03. The van der Waals surface area contributed by atoms with E-state index in [1.807, 2.05) is 49.4 Å². The van der Waals surface area contributed by atoms with Gasteiger partial charge in [-0.2, -0.15) is 4.98 Å². The summed E-state index contributed by atoms with van der Waals surface area (Å²) in [6.45, 7) is 8.34. The maximum absolute atomic E-state index is 5.76. The van der Waals surface area contributed by atoms with E-state index < -0.39 is 0 Å². The maximum atomic E-state index is 5.76. The van der Waals surface area contributed by atoms with Crippen LogP contribution in [0.2, 0.25) is 0 Å². The van der Waals surface area contributed by atoms with Crippen molar-refractivity contribution < 1.29 is 4.74 Å². The van der Waals surface area contributed by atoms with E-state index >= 15 is 0 Å². The fraction of sp³-hybridized carbons (Fsp3) is 0.312. The monoisotopic (exact) mass is 256 g/mol. The Morgan fingerprint density at radius 2 is 1.79 bits per heavy atom. The second-order valence-electron chi connectivity index (χ2n) is 5.65. The normalized spacial score (nSPS) is 11.2. The summed E-state index contributed by atoms with van der Waals surface area (Å²) in [7, 11) is 0. The van der Waals surface area contributed by atoms with Gasteiger partial charge in [-0.05, 0) is 51.5 Å². The lowest BCUT2D eigenvalue weighted by Crippen LogP contribution is -2.26. The predicted molar refractivity (Wildman–Crippen MR) is 78.9 cm³/mol. The first kappa shape index (κ1) is 13.4. The van der Waals surface area contributed by atoms with Gasteiger partial charge in [-0.3, -0.25) is 0 Å². The lowest BCUT2D eigenvalue weighted by atomic mass is 10.1. The molecule has 19 heavy (non-hydrogen) atoms. The van der Waals surface area contributed by atoms with Gasteiger partial charge in [0.2, 0.25) is 5.88 Å². The van der Waals surface area contributed by atoms with E-state index in [0.29, 0.717) is 5.88 Å². The van der Waals surface area contributed by atoms with Gasteiger partial charge in [-0.25, -0.2) is 0 Å². The van der Waals surface area contributed by atoms with Crippen molar-refractivity contribution in [3.05, 3.63) is 48.0 Å². The third-order valence-corrected chi connectivity index (χ3v) is 2.44. The van der Waals surface area contributed by atoms with Gasteiger partial charge in [0.25, 0.3) is 0 Å². The minimum absolute atomic E-state index is 0.0189. The molecular formula is C16H20N2O. The molecule has 0 aliphatic carbocycles. The van der Waals surface area contributed by atoms with Crippen molar-refractivity contribution in [3.63, 3.8) is 0 Å². The van der Waals surface area contributed by atoms with Crippen molar-refractivity contribution in [3.8, 4) is 11.6 Å². The van der Waals surface area contributed by atoms with Gasteiger partial charge in [0, 0.05) is 11.6 Å². The fourth-order valence-electron chi connectivity index (χ4n) is 1.73. The number of rotatable bonds is 3. The zero-order valence-corrected chi connectivity index (χ0v) is 11.9. The minimum Gasteiger partial charge on any atom is -0.439 e. The molecule has 0 fully saturated rings. The van der Waals surface area contributed by atoms with Crippen LogP contribution in [0.1, 0.15) is 26.3 Å². The molecule has 0 aliphatic rings. The largest absolute Gasteiger partial charge is 0.439 e. The molecule has 1 N–H and O–H groups in total. The standard InChI is InChI=1S/C16H20N2O/c1-12-7-5-8-13(11-12)19-15-10-6-9-14(17-15)18-16(2,3)4/h5-11H,1-4H3,(H,17,18). The summed E-state index contributed by atoms with van der Waals surface area (Å²) >= 11 is 0. The number of nitrogens with one attached hydrogen (secondary N) is 1. The number of aryl methyl sites for hydroxylation is 1. The highest BCUT2D eigenvalue weighted by atomic mass is 16.5. The summed E-state index contributed by atoms with van der Waals surface area (Å²) in [6, 6.07) is 13.7. The first-order valence-electron chi connectivity index (χ1n) is 6.42. The van der Waals surface area contributed by atoms with E-state index in [2.05, 4.69) is 31.1 Å². The van der Waals surface area contributed by atoms with Crippen molar-refractivity contribution in [1.29, 1.82) is 0 Å². The first-order chi connectivity index (χ1) is 8.92. The molecule has 2 aromatic rings. The molecule has 0 saturated heterocycles. The Bertz CT molecular complexity index is 559. The molecular weight excluding hydrogens is 236 g/mol. The second-order valence-corrected chi connectivity index (χ2v) is 5.65. The number of hydrogen-bond donors (Lipinski definition) is 1. The molecule has 0 unspecified atom stereocenters. The summed E-state index contributed by atoms with van der Waals surface area (Å²) in [5, 5.41) is 3.33. The third-order valence-electron chi connectivity index (χ3n) is 2.44. The van der Waals surface area contributed by atoms with Gasteiger partial charge < -0.3 is 10.1 Å². The Morgan fingerprint density at radius 1 is 1.05 bits per heavy atom. The highest BCUT2D eigenvalue weighted by Crippen LogP contribution is 2.22. The summed E-state index contributed by atoms with van der Waals surface area (Å²) < 4.78 is 5.76. The van der Waals surface area contributed by atoms with Gasteiger partial charge in [0.05, 0.1) is 0 Å². The second kappa shape index (κ2) is 5.31. The minimum atomic E-state index is -0.0189. The maximum Gasteiger partial charge on any atom is 0.221 e. The van der Waals surface area contributed by atoms with Crippen LogP contribution >= 0.6 is 0 Å². The van der Waals surface area contributed by atoms with E-state index in [9.17, 15) is 0 Å². The Morgan fingerprint density at radius 3 is 2.47 bits per heavy atom. The topological polar surface area (TPSA) is 34.1 Å². The SMILES string of the molecule is Cc1cccc(Oc2cccc(NC(C)(C)C)n2)c1. The Kier molecular flexibility index (Phi) is 3.74. The van der Waals surface area contributed by atoms with Crippen molar-refractivity contribution in [2.45, 2.75) is 33.2 Å². The molecule has 0 atom stereocenters. The van der Waals surface area contributed by atoms with Crippen LogP contribution in [0.5, 0.6) is 11.6 Å². The summed E-state index contributed by atoms with van der Waals surface area (Å²) in [5.74, 6) is 2.22. The molecule has 100 valence electrons. The van der Waals surface area contributed by atoms with Crippen LogP contribution in [0, 0.1) is 6.92 Å². The Labute approximate surface area is 114 Å². The molecule has 0 radical (unpaired) electrons. The van der Waals surface area contributed by atoms with E-state index in [4.69, 9.17) is 4.74 Å². The molecule has 1 heterocycles. The van der Waals surface area contributed by atoms with Gasteiger partial charge in [-0.15, -0.1) is 0 Å². The van der Waals surface area contributed by atoms with Crippen LogP contribution in [0.15, 0.2) is 42.5 Å². The van der Waals surface area contributed by atoms with Crippen LogP contribution in [-0.4, -0.2) is 10.5 Å². The number of nitrogens with zero attached hydrogens (tertiary/aromatic N) is 1. The van der Waals surface area contributed by atoms with Gasteiger partial charge >= 0.3 is 0 Å². The van der Waals surface area contributed by atoms with Gasteiger partial charge in [-0.1, -0.05) is 18.2 Å². The van der Waals surface area contributed by atoms with Crippen molar-refractivity contribution in [1.82, 2.24) is 4.98 Å². The molecule has 0 amide bonds. The number of pyridine rings is 1.